The molecule has 0 aliphatic heterocycles. The molecule has 0 radical (unpaired) electrons. The van der Waals surface area contributed by atoms with Gasteiger partial charge in [-0.15, -0.1) is 0 Å². The molecule has 0 saturated carbocycles. The molecule has 0 N–H and O–H groups in total. The highest BCUT2D eigenvalue weighted by Crippen LogP contribution is 2.36. The zero-order valence-corrected chi connectivity index (χ0v) is 31.2. The molecule has 1 aromatic heterocycles. The van der Waals surface area contributed by atoms with E-state index in [4.69, 9.17) is 18.9 Å². The van der Waals surface area contributed by atoms with Gasteiger partial charge in [-0.25, -0.2) is 24.2 Å². The molecule has 1 aromatic carbocycles. The third kappa shape index (κ3) is 9.91. The van der Waals surface area contributed by atoms with Crippen molar-refractivity contribution in [3.63, 3.8) is 0 Å². The van der Waals surface area contributed by atoms with Crippen LogP contribution in [0.15, 0.2) is 30.3 Å². The smallest absolute Gasteiger partial charge is 0.454 e. The first-order valence-electron chi connectivity index (χ1n) is 15.7. The Balaban J connectivity index is 3.30. The van der Waals surface area contributed by atoms with Gasteiger partial charge in [-0.2, -0.15) is 9.97 Å². The van der Waals surface area contributed by atoms with Crippen molar-refractivity contribution in [2.24, 2.45) is 0 Å². The van der Waals surface area contributed by atoms with Crippen LogP contribution in [0.2, 0.25) is 0 Å². The van der Waals surface area contributed by atoms with Crippen molar-refractivity contribution in [2.45, 2.75) is 123 Å². The molecule has 0 saturated heterocycles. The van der Waals surface area contributed by atoms with Crippen LogP contribution in [0.1, 0.15) is 100 Å². The number of carbonyl (C=O) groups excluding carboxylic acids is 4. The summed E-state index contributed by atoms with van der Waals surface area (Å²) in [5, 5.41) is 26.3. The van der Waals surface area contributed by atoms with E-state index >= 15 is 0 Å². The second kappa shape index (κ2) is 14.5. The predicted molar refractivity (Wildman–Crippen MR) is 179 cm³/mol. The lowest BCUT2D eigenvalue weighted by atomic mass is 9.95. The minimum Gasteiger partial charge on any atom is -0.454 e. The van der Waals surface area contributed by atoms with Crippen molar-refractivity contribution in [1.82, 2.24) is 15.0 Å². The maximum absolute atomic E-state index is 14.0. The average Bonchev–Trinajstić information content (AvgIpc) is 2.90. The maximum atomic E-state index is 14.0. The number of benzene rings is 1. The summed E-state index contributed by atoms with van der Waals surface area (Å²) in [5.41, 5.74) is -12.7. The van der Waals surface area contributed by atoms with Crippen LogP contribution in [0.5, 0.6) is 0 Å². The first-order valence-corrected chi connectivity index (χ1v) is 15.7. The average molecular weight is 719 g/mol. The minimum atomic E-state index is -3.77. The van der Waals surface area contributed by atoms with Gasteiger partial charge < -0.3 is 23.8 Å². The molecule has 0 amide bonds. The number of esters is 4. The first-order chi connectivity index (χ1) is 23.0. The Kier molecular flexibility index (Phi) is 11.9. The van der Waals surface area contributed by atoms with Gasteiger partial charge in [0.25, 0.3) is 0 Å². The highest BCUT2D eigenvalue weighted by molar-refractivity contribution is 6.05. The molecule has 1 heterocycles. The van der Waals surface area contributed by atoms with Crippen molar-refractivity contribution in [1.29, 1.82) is 0 Å². The Morgan fingerprint density at radius 1 is 0.588 bits per heavy atom. The molecular formula is C33H46N6O12. The molecule has 280 valence electrons. The Morgan fingerprint density at radius 3 is 1.14 bits per heavy atom. The summed E-state index contributed by atoms with van der Waals surface area (Å²) >= 11 is 0. The van der Waals surface area contributed by atoms with Crippen LogP contribution in [0, 0.1) is 20.2 Å². The lowest BCUT2D eigenvalue weighted by molar-refractivity contribution is -0.555. The number of nitrogens with zero attached hydrogens (tertiary/aromatic N) is 6. The predicted octanol–water partition coefficient (Wildman–Crippen LogP) is 3.82. The van der Waals surface area contributed by atoms with E-state index in [1.807, 2.05) is 0 Å². The van der Waals surface area contributed by atoms with Crippen LogP contribution in [-0.4, -0.2) is 78.1 Å². The van der Waals surface area contributed by atoms with Crippen LogP contribution < -0.4 is 4.90 Å². The molecule has 18 nitrogen and oxygen atoms in total. The van der Waals surface area contributed by atoms with Crippen LogP contribution in [0.25, 0.3) is 0 Å². The van der Waals surface area contributed by atoms with E-state index in [1.165, 1.54) is 95.0 Å². The van der Waals surface area contributed by atoms with Gasteiger partial charge in [-0.1, -0.05) is 30.3 Å². The molecule has 18 heteroatoms. The highest BCUT2D eigenvalue weighted by atomic mass is 16.7. The van der Waals surface area contributed by atoms with Crippen molar-refractivity contribution in [2.75, 3.05) is 11.9 Å². The molecular weight excluding hydrogens is 672 g/mol. The van der Waals surface area contributed by atoms with Crippen molar-refractivity contribution >= 4 is 29.8 Å². The van der Waals surface area contributed by atoms with Gasteiger partial charge in [0, 0.05) is 13.6 Å². The molecule has 2 aromatic rings. The molecule has 0 aliphatic rings. The Labute approximate surface area is 295 Å². The lowest BCUT2D eigenvalue weighted by Crippen LogP contribution is -2.58. The highest BCUT2D eigenvalue weighted by Gasteiger charge is 2.71. The first kappa shape index (κ1) is 41.9. The van der Waals surface area contributed by atoms with E-state index < -0.39 is 84.8 Å². The van der Waals surface area contributed by atoms with Crippen LogP contribution in [0.4, 0.5) is 5.95 Å². The molecule has 0 unspecified atom stereocenters. The van der Waals surface area contributed by atoms with Gasteiger partial charge in [0.15, 0.2) is 0 Å². The van der Waals surface area contributed by atoms with E-state index in [0.717, 1.165) is 0 Å². The van der Waals surface area contributed by atoms with Gasteiger partial charge in [-0.05, 0) is 88.6 Å². The van der Waals surface area contributed by atoms with E-state index in [1.54, 1.807) is 30.3 Å². The topological polar surface area (TPSA) is 233 Å². The summed E-state index contributed by atoms with van der Waals surface area (Å²) in [6, 6.07) is 8.55. The molecule has 2 rings (SSSR count). The van der Waals surface area contributed by atoms with Crippen molar-refractivity contribution in [3.05, 3.63) is 67.8 Å². The van der Waals surface area contributed by atoms with Gasteiger partial charge in [0.2, 0.25) is 17.6 Å². The van der Waals surface area contributed by atoms with Crippen LogP contribution in [0.3, 0.4) is 0 Å². The summed E-state index contributed by atoms with van der Waals surface area (Å²) in [6.07, 6.45) is 0. The number of rotatable bonds is 11. The Bertz CT molecular complexity index is 1520. The van der Waals surface area contributed by atoms with Gasteiger partial charge in [-0.3, -0.25) is 20.2 Å². The summed E-state index contributed by atoms with van der Waals surface area (Å²) in [6.45, 7) is 16.3. The minimum absolute atomic E-state index is 0.0571. The fourth-order valence-electron chi connectivity index (χ4n) is 4.19. The fourth-order valence-corrected chi connectivity index (χ4v) is 4.19. The number of anilines is 1. The zero-order valence-electron chi connectivity index (χ0n) is 31.2. The molecule has 0 atom stereocenters. The second-order valence-electron chi connectivity index (χ2n) is 15.6. The number of ether oxygens (including phenoxy) is 4. The third-order valence-corrected chi connectivity index (χ3v) is 6.20. The van der Waals surface area contributed by atoms with E-state index in [9.17, 15) is 39.4 Å². The Morgan fingerprint density at radius 2 is 0.882 bits per heavy atom. The van der Waals surface area contributed by atoms with Gasteiger partial charge in [0.05, 0.1) is 9.85 Å². The molecule has 51 heavy (non-hydrogen) atoms. The SMILES string of the molecule is CN(Cc1ccccc1)c1nc(C(C(=O)OC(C)(C)C)(C(=O)OC(C)(C)C)[N+](=O)[O-])nc(C(C(=O)OC(C)(C)C)(C(=O)OC(C)(C)C)[N+](=O)[O-])n1. The lowest BCUT2D eigenvalue weighted by Gasteiger charge is -2.30. The normalized spacial score (nSPS) is 12.7. The molecule has 0 aliphatic carbocycles. The molecule has 0 spiro atoms. The zero-order chi connectivity index (χ0) is 39.5. The van der Waals surface area contributed by atoms with E-state index in [2.05, 4.69) is 15.0 Å². The monoisotopic (exact) mass is 718 g/mol. The number of aromatic nitrogens is 3. The standard InChI is InChI=1S/C33H46N6O12/c1-28(2,3)48-23(40)32(38(44)45,24(41)49-29(4,5)6)21-34-22(36-27(35-21)37(13)19-20-17-15-14-16-18-20)33(39(46)47,25(42)50-30(7,8)9)26(43)51-31(10,11)12/h14-18H,19H2,1-13H3. The number of nitro groups is 2. The molecule has 0 fully saturated rings. The second-order valence-corrected chi connectivity index (χ2v) is 15.6. The van der Waals surface area contributed by atoms with Crippen LogP contribution in [-0.2, 0) is 55.7 Å². The molecule has 0 bridgehead atoms. The fraction of sp³-hybridized carbons (Fsp3) is 0.606. The number of hydrogen-bond donors (Lipinski definition) is 0. The number of hydrogen-bond acceptors (Lipinski definition) is 16. The maximum Gasteiger partial charge on any atom is 0.468 e. The Hall–Kier alpha value is -5.29. The summed E-state index contributed by atoms with van der Waals surface area (Å²) in [7, 11) is 1.37. The van der Waals surface area contributed by atoms with E-state index in [0.29, 0.717) is 5.56 Å². The van der Waals surface area contributed by atoms with Crippen molar-refractivity contribution < 1.29 is 48.0 Å². The number of carbonyl (C=O) groups is 4. The summed E-state index contributed by atoms with van der Waals surface area (Å²) < 4.78 is 21.4. The third-order valence-electron chi connectivity index (χ3n) is 6.20. The van der Waals surface area contributed by atoms with Crippen LogP contribution >= 0.6 is 0 Å². The van der Waals surface area contributed by atoms with Crippen molar-refractivity contribution in [3.8, 4) is 0 Å². The quantitative estimate of drug-likeness (QED) is 0.106. The largest absolute Gasteiger partial charge is 0.468 e. The van der Waals surface area contributed by atoms with Gasteiger partial charge >= 0.3 is 35.0 Å². The van der Waals surface area contributed by atoms with E-state index in [-0.39, 0.29) is 6.54 Å². The summed E-state index contributed by atoms with van der Waals surface area (Å²) in [4.78, 5) is 92.7. The van der Waals surface area contributed by atoms with Gasteiger partial charge in [0.1, 0.15) is 22.4 Å². The summed E-state index contributed by atoms with van der Waals surface area (Å²) in [5.74, 6) is -10.7.